The quantitative estimate of drug-likeness (QED) is 0.187. The number of nitrogens with zero attached hydrogens (tertiary/aromatic N) is 3. The van der Waals surface area contributed by atoms with Gasteiger partial charge in [0.1, 0.15) is 11.6 Å². The van der Waals surface area contributed by atoms with Crippen LogP contribution in [0.25, 0.3) is 11.1 Å². The molecule has 44 heavy (non-hydrogen) atoms. The summed E-state index contributed by atoms with van der Waals surface area (Å²) in [7, 11) is 0. The first kappa shape index (κ1) is 31.1. The maximum Gasteiger partial charge on any atom is 0.307 e. The van der Waals surface area contributed by atoms with Crippen molar-refractivity contribution in [3.8, 4) is 16.9 Å². The van der Waals surface area contributed by atoms with Gasteiger partial charge in [0, 0.05) is 55.6 Å². The van der Waals surface area contributed by atoms with E-state index < -0.39 is 5.97 Å². The Hall–Kier alpha value is -4.30. The van der Waals surface area contributed by atoms with Crippen molar-refractivity contribution in [3.05, 3.63) is 107 Å². The van der Waals surface area contributed by atoms with E-state index in [1.807, 2.05) is 49.4 Å². The van der Waals surface area contributed by atoms with E-state index in [2.05, 4.69) is 29.0 Å². The molecule has 0 spiro atoms. The summed E-state index contributed by atoms with van der Waals surface area (Å²) < 4.78 is 19.3. The molecule has 0 atom stereocenters. The molecule has 3 heterocycles. The highest BCUT2D eigenvalue weighted by Gasteiger charge is 2.30. The second kappa shape index (κ2) is 14.0. The van der Waals surface area contributed by atoms with Crippen LogP contribution in [0.5, 0.6) is 5.75 Å². The largest absolute Gasteiger partial charge is 0.493 e. The van der Waals surface area contributed by atoms with Gasteiger partial charge in [0.2, 0.25) is 0 Å². The van der Waals surface area contributed by atoms with Crippen LogP contribution in [0.15, 0.2) is 72.9 Å². The Morgan fingerprint density at radius 3 is 2.41 bits per heavy atom. The van der Waals surface area contributed by atoms with E-state index in [0.29, 0.717) is 26.1 Å². The van der Waals surface area contributed by atoms with Crippen molar-refractivity contribution in [3.63, 3.8) is 0 Å². The van der Waals surface area contributed by atoms with E-state index in [4.69, 9.17) is 9.72 Å². The zero-order chi connectivity index (χ0) is 31.1. The van der Waals surface area contributed by atoms with Gasteiger partial charge in [-0.25, -0.2) is 4.39 Å². The molecule has 1 saturated heterocycles. The molecule has 5 rings (SSSR count). The first-order valence-corrected chi connectivity index (χ1v) is 15.3. The van der Waals surface area contributed by atoms with E-state index in [1.165, 1.54) is 12.1 Å². The number of piperidine rings is 1. The molecule has 7 nitrogen and oxygen atoms in total. The van der Waals surface area contributed by atoms with Crippen LogP contribution in [0.4, 0.5) is 10.1 Å². The predicted octanol–water partition coefficient (Wildman–Crippen LogP) is 6.76. The standard InChI is InChI=1S/C36H41FN4O3/c1-25-31(22-33(42)43)35(41-19-16-36(2,3)17-20-41)34(32(40-25)24-38-23-29-6-4-5-18-39-29)27-9-13-30(14-10-27)44-21-15-26-7-11-28(37)12-8-26/h4-14,18,38H,15-17,19-24H2,1-3H3,(H,42,43). The van der Waals surface area contributed by atoms with Gasteiger partial charge in [0.05, 0.1) is 30.1 Å². The SMILES string of the molecule is Cc1nc(CNCc2ccccn2)c(-c2ccc(OCCc3ccc(F)cc3)cc2)c(N2CCC(C)(C)CC2)c1CC(=O)O. The summed E-state index contributed by atoms with van der Waals surface area (Å²) in [5, 5.41) is 13.4. The van der Waals surface area contributed by atoms with Gasteiger partial charge in [-0.3, -0.25) is 14.8 Å². The maximum absolute atomic E-state index is 13.2. The second-order valence-electron chi connectivity index (χ2n) is 12.2. The van der Waals surface area contributed by atoms with Crippen molar-refractivity contribution in [2.75, 3.05) is 24.6 Å². The van der Waals surface area contributed by atoms with Crippen molar-refractivity contribution in [2.24, 2.45) is 5.41 Å². The molecule has 0 unspecified atom stereocenters. The number of rotatable bonds is 12. The first-order chi connectivity index (χ1) is 21.2. The Morgan fingerprint density at radius 1 is 1.02 bits per heavy atom. The molecule has 4 aromatic rings. The highest BCUT2D eigenvalue weighted by atomic mass is 19.1. The van der Waals surface area contributed by atoms with Gasteiger partial charge >= 0.3 is 5.97 Å². The Bertz CT molecular complexity index is 1550. The van der Waals surface area contributed by atoms with Crippen LogP contribution in [-0.2, 0) is 30.7 Å². The minimum absolute atomic E-state index is 0.0900. The van der Waals surface area contributed by atoms with Crippen LogP contribution in [-0.4, -0.2) is 40.7 Å². The summed E-state index contributed by atoms with van der Waals surface area (Å²) in [4.78, 5) is 23.9. The normalized spacial score (nSPS) is 14.4. The molecule has 0 amide bonds. The summed E-state index contributed by atoms with van der Waals surface area (Å²) in [6.07, 6.45) is 4.41. The number of carboxylic acids is 1. The van der Waals surface area contributed by atoms with Crippen LogP contribution in [0.1, 0.15) is 54.9 Å². The number of ether oxygens (including phenoxy) is 1. The summed E-state index contributed by atoms with van der Waals surface area (Å²) in [5.41, 5.74) is 7.46. The summed E-state index contributed by atoms with van der Waals surface area (Å²) in [6.45, 7) is 9.76. The molecular weight excluding hydrogens is 555 g/mol. The smallest absolute Gasteiger partial charge is 0.307 e. The fourth-order valence-electron chi connectivity index (χ4n) is 5.73. The van der Waals surface area contributed by atoms with Gasteiger partial charge in [0.25, 0.3) is 0 Å². The lowest BCUT2D eigenvalue weighted by Gasteiger charge is -2.40. The van der Waals surface area contributed by atoms with Crippen LogP contribution in [0.3, 0.4) is 0 Å². The third-order valence-corrected chi connectivity index (χ3v) is 8.35. The average Bonchev–Trinajstić information content (AvgIpc) is 3.00. The van der Waals surface area contributed by atoms with Gasteiger partial charge in [-0.1, -0.05) is 44.2 Å². The van der Waals surface area contributed by atoms with E-state index in [9.17, 15) is 14.3 Å². The number of hydrogen-bond acceptors (Lipinski definition) is 6. The van der Waals surface area contributed by atoms with Crippen LogP contribution < -0.4 is 15.0 Å². The molecule has 0 aliphatic carbocycles. The molecule has 2 aromatic carbocycles. The number of aromatic nitrogens is 2. The first-order valence-electron chi connectivity index (χ1n) is 15.3. The Labute approximate surface area is 259 Å². The van der Waals surface area contributed by atoms with E-state index in [1.54, 1.807) is 18.3 Å². The predicted molar refractivity (Wildman–Crippen MR) is 171 cm³/mol. The average molecular weight is 597 g/mol. The topological polar surface area (TPSA) is 87.6 Å². The molecule has 0 saturated carbocycles. The van der Waals surface area contributed by atoms with Crippen molar-refractivity contribution in [1.82, 2.24) is 15.3 Å². The van der Waals surface area contributed by atoms with Crippen LogP contribution in [0.2, 0.25) is 0 Å². The van der Waals surface area contributed by atoms with Gasteiger partial charge < -0.3 is 20.1 Å². The number of nitrogens with one attached hydrogen (secondary N) is 1. The Morgan fingerprint density at radius 2 is 1.75 bits per heavy atom. The third kappa shape index (κ3) is 7.99. The molecule has 1 fully saturated rings. The molecule has 230 valence electrons. The van der Waals surface area contributed by atoms with Crippen molar-refractivity contribution >= 4 is 11.7 Å². The molecule has 8 heteroatoms. The molecular formula is C36H41FN4O3. The summed E-state index contributed by atoms with van der Waals surface area (Å²) >= 11 is 0. The maximum atomic E-state index is 13.2. The number of aliphatic carboxylic acids is 1. The lowest BCUT2D eigenvalue weighted by Crippen LogP contribution is -2.38. The van der Waals surface area contributed by atoms with Crippen molar-refractivity contribution in [1.29, 1.82) is 0 Å². The van der Waals surface area contributed by atoms with Gasteiger partial charge in [-0.2, -0.15) is 0 Å². The number of halogens is 1. The second-order valence-corrected chi connectivity index (χ2v) is 12.2. The van der Waals surface area contributed by atoms with Gasteiger partial charge in [-0.05, 0) is 72.7 Å². The molecule has 2 N–H and O–H groups in total. The number of aryl methyl sites for hydroxylation is 1. The summed E-state index contributed by atoms with van der Waals surface area (Å²) in [5.74, 6) is -0.385. The lowest BCUT2D eigenvalue weighted by atomic mass is 9.82. The number of anilines is 1. The molecule has 2 aromatic heterocycles. The minimum atomic E-state index is -0.870. The van der Waals surface area contributed by atoms with Crippen molar-refractivity contribution in [2.45, 2.75) is 59.5 Å². The Kier molecular flexibility index (Phi) is 9.90. The minimum Gasteiger partial charge on any atom is -0.493 e. The van der Waals surface area contributed by atoms with Crippen molar-refractivity contribution < 1.29 is 19.0 Å². The monoisotopic (exact) mass is 596 g/mol. The van der Waals surface area contributed by atoms with Gasteiger partial charge in [-0.15, -0.1) is 0 Å². The number of carboxylic acid groups (broad SMARTS) is 1. The zero-order valence-corrected chi connectivity index (χ0v) is 25.8. The fraction of sp³-hybridized carbons (Fsp3) is 0.361. The van der Waals surface area contributed by atoms with E-state index in [-0.39, 0.29) is 17.7 Å². The number of carbonyl (C=O) groups is 1. The molecule has 0 radical (unpaired) electrons. The third-order valence-electron chi connectivity index (χ3n) is 8.35. The highest BCUT2D eigenvalue weighted by Crippen LogP contribution is 2.42. The fourth-order valence-corrected chi connectivity index (χ4v) is 5.73. The number of hydrogen-bond donors (Lipinski definition) is 2. The van der Waals surface area contributed by atoms with Gasteiger partial charge in [0.15, 0.2) is 0 Å². The van der Waals surface area contributed by atoms with Crippen LogP contribution >= 0.6 is 0 Å². The summed E-state index contributed by atoms with van der Waals surface area (Å²) in [6, 6.07) is 20.3. The number of benzene rings is 2. The molecule has 1 aliphatic heterocycles. The highest BCUT2D eigenvalue weighted by molar-refractivity contribution is 5.86. The Balaban J connectivity index is 1.47. The molecule has 0 bridgehead atoms. The van der Waals surface area contributed by atoms with E-state index >= 15 is 0 Å². The van der Waals surface area contributed by atoms with E-state index in [0.717, 1.165) is 76.7 Å². The number of pyridine rings is 2. The van der Waals surface area contributed by atoms with Crippen LogP contribution in [0, 0.1) is 18.2 Å². The molecule has 1 aliphatic rings. The lowest BCUT2D eigenvalue weighted by molar-refractivity contribution is -0.136. The zero-order valence-electron chi connectivity index (χ0n) is 25.8.